The van der Waals surface area contributed by atoms with Crippen molar-refractivity contribution in [2.24, 2.45) is 5.73 Å². The van der Waals surface area contributed by atoms with Crippen LogP contribution in [0.15, 0.2) is 6.07 Å². The molecule has 0 aliphatic carbocycles. The summed E-state index contributed by atoms with van der Waals surface area (Å²) < 4.78 is 0. The molecule has 0 spiro atoms. The van der Waals surface area contributed by atoms with E-state index < -0.39 is 0 Å². The zero-order valence-electron chi connectivity index (χ0n) is 8.76. The molecule has 0 atom stereocenters. The average Bonchev–Trinajstić information content (AvgIpc) is 1.78. The first-order chi connectivity index (χ1) is 5.87. The summed E-state index contributed by atoms with van der Waals surface area (Å²) in [5.41, 5.74) is 7.66. The van der Waals surface area contributed by atoms with E-state index in [4.69, 9.17) is 5.73 Å². The molecule has 0 aromatic carbocycles. The Hall–Kier alpha value is -0.960. The second kappa shape index (κ2) is 3.42. The summed E-state index contributed by atoms with van der Waals surface area (Å²) in [6.07, 6.45) is 0.718. The molecule has 0 radical (unpaired) electrons. The van der Waals surface area contributed by atoms with Crippen molar-refractivity contribution in [3.63, 3.8) is 0 Å². The molecule has 0 unspecified atom stereocenters. The zero-order chi connectivity index (χ0) is 10.1. The van der Waals surface area contributed by atoms with Crippen molar-refractivity contribution in [3.8, 4) is 0 Å². The van der Waals surface area contributed by atoms with E-state index in [1.165, 1.54) is 0 Å². The maximum Gasteiger partial charge on any atom is 0.130 e. The summed E-state index contributed by atoms with van der Waals surface area (Å²) in [5.74, 6) is 0.838. The molecule has 3 nitrogen and oxygen atoms in total. The fourth-order valence-corrected chi connectivity index (χ4v) is 1.29. The predicted molar refractivity (Wildman–Crippen MR) is 53.5 cm³/mol. The van der Waals surface area contributed by atoms with Gasteiger partial charge in [-0.25, -0.2) is 9.97 Å². The third-order valence-corrected chi connectivity index (χ3v) is 1.64. The number of nitrogens with two attached hydrogens (primary N) is 1. The van der Waals surface area contributed by atoms with Gasteiger partial charge < -0.3 is 5.73 Å². The topological polar surface area (TPSA) is 51.8 Å². The van der Waals surface area contributed by atoms with Crippen LogP contribution in [0.4, 0.5) is 0 Å². The van der Waals surface area contributed by atoms with E-state index in [2.05, 4.69) is 9.97 Å². The zero-order valence-corrected chi connectivity index (χ0v) is 8.76. The van der Waals surface area contributed by atoms with Crippen LogP contribution >= 0.6 is 0 Å². The van der Waals surface area contributed by atoms with Crippen LogP contribution in [0.3, 0.4) is 0 Å². The van der Waals surface area contributed by atoms with Gasteiger partial charge in [0.15, 0.2) is 0 Å². The molecule has 1 aromatic rings. The van der Waals surface area contributed by atoms with E-state index in [0.29, 0.717) is 0 Å². The molecular formula is C10H17N3. The average molecular weight is 179 g/mol. The highest BCUT2D eigenvalue weighted by Crippen LogP contribution is 2.07. The summed E-state index contributed by atoms with van der Waals surface area (Å²) in [6.45, 7) is 7.91. The van der Waals surface area contributed by atoms with Crippen molar-refractivity contribution in [3.05, 3.63) is 23.3 Å². The standard InChI is InChI=1S/C10H17N3/c1-7-5-8(2)13-9(12-7)6-10(3,4)11/h5H,6,11H2,1-4H3. The van der Waals surface area contributed by atoms with Gasteiger partial charge in [-0.2, -0.15) is 0 Å². The van der Waals surface area contributed by atoms with E-state index in [1.807, 2.05) is 33.8 Å². The molecule has 0 saturated heterocycles. The first-order valence-corrected chi connectivity index (χ1v) is 4.47. The lowest BCUT2D eigenvalue weighted by Crippen LogP contribution is -2.35. The van der Waals surface area contributed by atoms with Gasteiger partial charge in [-0.05, 0) is 33.8 Å². The second-order valence-corrected chi connectivity index (χ2v) is 4.23. The normalized spacial score (nSPS) is 11.8. The summed E-state index contributed by atoms with van der Waals surface area (Å²) in [5, 5.41) is 0. The molecule has 0 aliphatic rings. The third kappa shape index (κ3) is 3.51. The Balaban J connectivity index is 2.90. The van der Waals surface area contributed by atoms with Crippen LogP contribution in [0.25, 0.3) is 0 Å². The Morgan fingerprint density at radius 3 is 2.08 bits per heavy atom. The molecule has 0 amide bonds. The number of aryl methyl sites for hydroxylation is 2. The van der Waals surface area contributed by atoms with Crippen molar-refractivity contribution in [1.29, 1.82) is 0 Å². The van der Waals surface area contributed by atoms with Crippen LogP contribution in [0.2, 0.25) is 0 Å². The lowest BCUT2D eigenvalue weighted by Gasteiger charge is -2.17. The Kier molecular flexibility index (Phi) is 2.66. The minimum Gasteiger partial charge on any atom is -0.325 e. The lowest BCUT2D eigenvalue weighted by atomic mass is 10.0. The lowest BCUT2D eigenvalue weighted by molar-refractivity contribution is 0.501. The summed E-state index contributed by atoms with van der Waals surface area (Å²) in [6, 6.07) is 1.97. The van der Waals surface area contributed by atoms with Crippen LogP contribution < -0.4 is 5.73 Å². The van der Waals surface area contributed by atoms with Gasteiger partial charge in [0.05, 0.1) is 0 Å². The summed E-state index contributed by atoms with van der Waals surface area (Å²) in [7, 11) is 0. The second-order valence-electron chi connectivity index (χ2n) is 4.23. The fourth-order valence-electron chi connectivity index (χ4n) is 1.29. The van der Waals surface area contributed by atoms with Gasteiger partial charge in [-0.1, -0.05) is 0 Å². The van der Waals surface area contributed by atoms with Crippen LogP contribution in [-0.2, 0) is 6.42 Å². The number of rotatable bonds is 2. The molecule has 72 valence electrons. The Labute approximate surface area is 79.4 Å². The molecule has 1 heterocycles. The van der Waals surface area contributed by atoms with Gasteiger partial charge in [0.25, 0.3) is 0 Å². The molecule has 3 heteroatoms. The van der Waals surface area contributed by atoms with Crippen LogP contribution in [0.5, 0.6) is 0 Å². The first kappa shape index (κ1) is 10.1. The minimum atomic E-state index is -0.236. The van der Waals surface area contributed by atoms with Crippen molar-refractivity contribution < 1.29 is 0 Å². The largest absolute Gasteiger partial charge is 0.325 e. The number of nitrogens with zero attached hydrogens (tertiary/aromatic N) is 2. The van der Waals surface area contributed by atoms with Crippen molar-refractivity contribution in [2.45, 2.75) is 39.7 Å². The van der Waals surface area contributed by atoms with E-state index in [0.717, 1.165) is 23.6 Å². The van der Waals surface area contributed by atoms with Gasteiger partial charge in [-0.3, -0.25) is 0 Å². The van der Waals surface area contributed by atoms with Crippen LogP contribution in [0, 0.1) is 13.8 Å². The predicted octanol–water partition coefficient (Wildman–Crippen LogP) is 1.37. The third-order valence-electron chi connectivity index (χ3n) is 1.64. The van der Waals surface area contributed by atoms with Gasteiger partial charge in [0.1, 0.15) is 5.82 Å². The monoisotopic (exact) mass is 179 g/mol. The van der Waals surface area contributed by atoms with Gasteiger partial charge in [0, 0.05) is 23.3 Å². The SMILES string of the molecule is Cc1cc(C)nc(CC(C)(C)N)n1. The van der Waals surface area contributed by atoms with Gasteiger partial charge >= 0.3 is 0 Å². The fraction of sp³-hybridized carbons (Fsp3) is 0.600. The first-order valence-electron chi connectivity index (χ1n) is 4.47. The van der Waals surface area contributed by atoms with E-state index in [9.17, 15) is 0 Å². The number of hydrogen-bond acceptors (Lipinski definition) is 3. The molecule has 13 heavy (non-hydrogen) atoms. The minimum absolute atomic E-state index is 0.236. The Morgan fingerprint density at radius 2 is 1.69 bits per heavy atom. The maximum atomic E-state index is 5.89. The Bertz CT molecular complexity index is 279. The van der Waals surface area contributed by atoms with Crippen LogP contribution in [-0.4, -0.2) is 15.5 Å². The summed E-state index contributed by atoms with van der Waals surface area (Å²) >= 11 is 0. The molecule has 1 rings (SSSR count). The molecule has 0 aliphatic heterocycles. The molecular weight excluding hydrogens is 162 g/mol. The van der Waals surface area contributed by atoms with Gasteiger partial charge in [0.2, 0.25) is 0 Å². The van der Waals surface area contributed by atoms with E-state index >= 15 is 0 Å². The highest BCUT2D eigenvalue weighted by molar-refractivity contribution is 5.09. The van der Waals surface area contributed by atoms with Crippen molar-refractivity contribution in [1.82, 2.24) is 9.97 Å². The molecule has 0 bridgehead atoms. The molecule has 2 N–H and O–H groups in total. The molecule has 0 saturated carbocycles. The molecule has 1 aromatic heterocycles. The van der Waals surface area contributed by atoms with Crippen LogP contribution in [0.1, 0.15) is 31.1 Å². The van der Waals surface area contributed by atoms with E-state index in [1.54, 1.807) is 0 Å². The smallest absolute Gasteiger partial charge is 0.130 e. The highest BCUT2D eigenvalue weighted by atomic mass is 14.9. The Morgan fingerprint density at radius 1 is 1.23 bits per heavy atom. The van der Waals surface area contributed by atoms with Gasteiger partial charge in [-0.15, -0.1) is 0 Å². The number of aromatic nitrogens is 2. The highest BCUT2D eigenvalue weighted by Gasteiger charge is 2.13. The quantitative estimate of drug-likeness (QED) is 0.746. The molecule has 0 fully saturated rings. The summed E-state index contributed by atoms with van der Waals surface area (Å²) in [4.78, 5) is 8.66. The maximum absolute atomic E-state index is 5.89. The number of hydrogen-bond donors (Lipinski definition) is 1. The van der Waals surface area contributed by atoms with Crippen molar-refractivity contribution in [2.75, 3.05) is 0 Å². The van der Waals surface area contributed by atoms with E-state index in [-0.39, 0.29) is 5.54 Å². The van der Waals surface area contributed by atoms with Crippen molar-refractivity contribution >= 4 is 0 Å².